The first-order valence-electron chi connectivity index (χ1n) is 5.81. The third-order valence-corrected chi connectivity index (χ3v) is 3.24. The number of aromatic hydroxyl groups is 1. The Morgan fingerprint density at radius 1 is 1.47 bits per heavy atom. The van der Waals surface area contributed by atoms with Gasteiger partial charge in [0.05, 0.1) is 7.11 Å². The van der Waals surface area contributed by atoms with Crippen molar-refractivity contribution in [1.82, 2.24) is 5.32 Å². The Bertz CT molecular complexity index is 397. The van der Waals surface area contributed by atoms with E-state index in [1.54, 1.807) is 12.1 Å². The Morgan fingerprint density at radius 2 is 2.29 bits per heavy atom. The molecule has 0 unspecified atom stereocenters. The topological polar surface area (TPSA) is 58.6 Å². The second-order valence-electron chi connectivity index (χ2n) is 4.35. The summed E-state index contributed by atoms with van der Waals surface area (Å²) >= 11 is 0. The number of hydrogen-bond acceptors (Lipinski definition) is 4. The average molecular weight is 235 g/mol. The van der Waals surface area contributed by atoms with Crippen LogP contribution in [0.25, 0.3) is 0 Å². The maximum Gasteiger partial charge on any atom is 0.322 e. The van der Waals surface area contributed by atoms with Gasteiger partial charge in [0.25, 0.3) is 0 Å². The largest absolute Gasteiger partial charge is 0.508 e. The number of phenols is 1. The lowest BCUT2D eigenvalue weighted by Crippen LogP contribution is -2.43. The molecule has 0 aliphatic carbocycles. The highest BCUT2D eigenvalue weighted by atomic mass is 16.5. The number of carbonyl (C=O) groups is 1. The minimum absolute atomic E-state index is 0.187. The predicted molar refractivity (Wildman–Crippen MR) is 63.9 cm³/mol. The van der Waals surface area contributed by atoms with Gasteiger partial charge in [-0.25, -0.2) is 0 Å². The van der Waals surface area contributed by atoms with Crippen molar-refractivity contribution in [2.24, 2.45) is 0 Å². The molecular weight excluding hydrogens is 218 g/mol. The highest BCUT2D eigenvalue weighted by Gasteiger charge is 2.26. The lowest BCUT2D eigenvalue weighted by molar-refractivity contribution is -0.143. The van der Waals surface area contributed by atoms with Gasteiger partial charge in [-0.3, -0.25) is 4.79 Å². The van der Waals surface area contributed by atoms with Gasteiger partial charge in [0.1, 0.15) is 11.8 Å². The zero-order valence-electron chi connectivity index (χ0n) is 9.85. The lowest BCUT2D eigenvalue weighted by Gasteiger charge is -2.28. The second kappa shape index (κ2) is 5.19. The molecule has 0 bridgehead atoms. The fraction of sp³-hybridized carbons (Fsp3) is 0.462. The lowest BCUT2D eigenvalue weighted by atomic mass is 9.88. The molecule has 17 heavy (non-hydrogen) atoms. The van der Waals surface area contributed by atoms with Crippen LogP contribution in [0, 0.1) is 0 Å². The molecule has 0 radical (unpaired) electrons. The van der Waals surface area contributed by atoms with Gasteiger partial charge in [-0.2, -0.15) is 0 Å². The van der Waals surface area contributed by atoms with Crippen LogP contribution in [0.5, 0.6) is 5.75 Å². The predicted octanol–water partition coefficient (Wildman–Crippen LogP) is 1.40. The molecule has 4 heteroatoms. The van der Waals surface area contributed by atoms with Gasteiger partial charge in [0.15, 0.2) is 0 Å². The van der Waals surface area contributed by atoms with E-state index in [-0.39, 0.29) is 17.8 Å². The minimum Gasteiger partial charge on any atom is -0.508 e. The molecule has 92 valence electrons. The maximum absolute atomic E-state index is 11.3. The first-order chi connectivity index (χ1) is 8.20. The van der Waals surface area contributed by atoms with Crippen LogP contribution in [0.2, 0.25) is 0 Å². The highest BCUT2D eigenvalue weighted by Crippen LogP contribution is 2.27. The highest BCUT2D eigenvalue weighted by molar-refractivity contribution is 5.75. The maximum atomic E-state index is 11.3. The van der Waals surface area contributed by atoms with E-state index >= 15 is 0 Å². The van der Waals surface area contributed by atoms with Crippen molar-refractivity contribution in [3.8, 4) is 5.75 Å². The Kier molecular flexibility index (Phi) is 3.64. The van der Waals surface area contributed by atoms with Crippen molar-refractivity contribution in [3.05, 3.63) is 29.8 Å². The zero-order chi connectivity index (χ0) is 12.3. The molecule has 2 N–H and O–H groups in total. The van der Waals surface area contributed by atoms with Crippen LogP contribution < -0.4 is 5.32 Å². The summed E-state index contributed by atoms with van der Waals surface area (Å²) in [6, 6.07) is 7.11. The smallest absolute Gasteiger partial charge is 0.322 e. The molecule has 1 aromatic rings. The van der Waals surface area contributed by atoms with Crippen LogP contribution >= 0.6 is 0 Å². The Labute approximate surface area is 101 Å². The van der Waals surface area contributed by atoms with Crippen LogP contribution in [0.4, 0.5) is 0 Å². The monoisotopic (exact) mass is 235 g/mol. The van der Waals surface area contributed by atoms with Crippen LogP contribution in [0.3, 0.4) is 0 Å². The van der Waals surface area contributed by atoms with E-state index < -0.39 is 0 Å². The van der Waals surface area contributed by atoms with Gasteiger partial charge < -0.3 is 15.2 Å². The van der Waals surface area contributed by atoms with Gasteiger partial charge in [0.2, 0.25) is 0 Å². The van der Waals surface area contributed by atoms with Crippen molar-refractivity contribution in [1.29, 1.82) is 0 Å². The van der Waals surface area contributed by atoms with Crippen molar-refractivity contribution >= 4 is 5.97 Å². The molecule has 0 saturated carbocycles. The standard InChI is InChI=1S/C13H17NO3/c1-17-13(16)12-6-5-10(8-14-12)9-3-2-4-11(15)7-9/h2-4,7,10,12,14-15H,5-6,8H2,1H3/t10-,12+/m0/s1. The summed E-state index contributed by atoms with van der Waals surface area (Å²) < 4.78 is 4.71. The second-order valence-corrected chi connectivity index (χ2v) is 4.35. The average Bonchev–Trinajstić information content (AvgIpc) is 2.38. The fourth-order valence-corrected chi connectivity index (χ4v) is 2.26. The zero-order valence-corrected chi connectivity index (χ0v) is 9.85. The van der Waals surface area contributed by atoms with E-state index in [9.17, 15) is 9.90 Å². The van der Waals surface area contributed by atoms with Crippen LogP contribution in [-0.4, -0.2) is 30.8 Å². The van der Waals surface area contributed by atoms with Crippen molar-refractivity contribution in [2.45, 2.75) is 24.8 Å². The molecule has 1 saturated heterocycles. The summed E-state index contributed by atoms with van der Waals surface area (Å²) in [6.07, 6.45) is 1.70. The fourth-order valence-electron chi connectivity index (χ4n) is 2.26. The molecule has 2 atom stereocenters. The summed E-state index contributed by atoms with van der Waals surface area (Å²) in [7, 11) is 1.41. The Balaban J connectivity index is 1.97. The first kappa shape index (κ1) is 11.9. The number of benzene rings is 1. The van der Waals surface area contributed by atoms with Gasteiger partial charge in [0, 0.05) is 6.54 Å². The summed E-state index contributed by atoms with van der Waals surface area (Å²) in [5.74, 6) is 0.444. The Hall–Kier alpha value is -1.55. The summed E-state index contributed by atoms with van der Waals surface area (Å²) in [5.41, 5.74) is 1.11. The molecule has 4 nitrogen and oxygen atoms in total. The number of piperidine rings is 1. The Morgan fingerprint density at radius 3 is 2.88 bits per heavy atom. The number of rotatable bonds is 2. The molecule has 1 aliphatic rings. The number of hydrogen-bond donors (Lipinski definition) is 2. The van der Waals surface area contributed by atoms with Gasteiger partial charge >= 0.3 is 5.97 Å². The normalized spacial score (nSPS) is 24.3. The van der Waals surface area contributed by atoms with E-state index in [1.165, 1.54) is 7.11 Å². The molecule has 0 amide bonds. The first-order valence-corrected chi connectivity index (χ1v) is 5.81. The van der Waals surface area contributed by atoms with Crippen LogP contribution in [0.15, 0.2) is 24.3 Å². The molecular formula is C13H17NO3. The number of methoxy groups -OCH3 is 1. The number of esters is 1. The molecule has 0 aromatic heterocycles. The van der Waals surface area contributed by atoms with E-state index in [4.69, 9.17) is 4.74 Å². The third kappa shape index (κ3) is 2.77. The molecule has 2 rings (SSSR count). The summed E-state index contributed by atoms with van der Waals surface area (Å²) in [5, 5.41) is 12.6. The van der Waals surface area contributed by atoms with E-state index in [2.05, 4.69) is 5.32 Å². The number of carbonyl (C=O) groups excluding carboxylic acids is 1. The summed E-state index contributed by atoms with van der Waals surface area (Å²) in [4.78, 5) is 11.3. The molecule has 0 spiro atoms. The van der Waals surface area contributed by atoms with Crippen LogP contribution in [0.1, 0.15) is 24.3 Å². The summed E-state index contributed by atoms with van der Waals surface area (Å²) in [6.45, 7) is 0.739. The molecule has 1 aromatic carbocycles. The van der Waals surface area contributed by atoms with Crippen molar-refractivity contribution < 1.29 is 14.6 Å². The number of nitrogens with one attached hydrogen (secondary N) is 1. The van der Waals surface area contributed by atoms with E-state index in [1.807, 2.05) is 12.1 Å². The van der Waals surface area contributed by atoms with Gasteiger partial charge in [-0.05, 0) is 36.5 Å². The van der Waals surface area contributed by atoms with Gasteiger partial charge in [-0.1, -0.05) is 12.1 Å². The molecule has 1 aliphatic heterocycles. The molecule has 1 heterocycles. The quantitative estimate of drug-likeness (QED) is 0.761. The van der Waals surface area contributed by atoms with E-state index in [0.29, 0.717) is 5.92 Å². The molecule has 1 fully saturated rings. The third-order valence-electron chi connectivity index (χ3n) is 3.24. The van der Waals surface area contributed by atoms with Crippen LogP contribution in [-0.2, 0) is 9.53 Å². The van der Waals surface area contributed by atoms with Gasteiger partial charge in [-0.15, -0.1) is 0 Å². The number of phenolic OH excluding ortho intramolecular Hbond substituents is 1. The van der Waals surface area contributed by atoms with Crippen molar-refractivity contribution in [2.75, 3.05) is 13.7 Å². The SMILES string of the molecule is COC(=O)[C@H]1CC[C@H](c2cccc(O)c2)CN1. The number of ether oxygens (including phenoxy) is 1. The van der Waals surface area contributed by atoms with Crippen molar-refractivity contribution in [3.63, 3.8) is 0 Å². The minimum atomic E-state index is -0.195. The van der Waals surface area contributed by atoms with E-state index in [0.717, 1.165) is 24.9 Å².